The summed E-state index contributed by atoms with van der Waals surface area (Å²) >= 11 is 0. The molecule has 0 aliphatic carbocycles. The summed E-state index contributed by atoms with van der Waals surface area (Å²) < 4.78 is 6.79. The number of aromatic nitrogens is 2. The Bertz CT molecular complexity index is 564. The van der Waals surface area contributed by atoms with Gasteiger partial charge in [0.2, 0.25) is 0 Å². The van der Waals surface area contributed by atoms with Gasteiger partial charge in [-0.05, 0) is 26.5 Å². The molecule has 1 aromatic heterocycles. The zero-order valence-electron chi connectivity index (χ0n) is 11.3. The van der Waals surface area contributed by atoms with E-state index in [9.17, 15) is 4.79 Å². The third-order valence-electron chi connectivity index (χ3n) is 2.72. The third-order valence-corrected chi connectivity index (χ3v) is 2.72. The maximum atomic E-state index is 11.8. The minimum Gasteiger partial charge on any atom is -0.462 e. The Balaban J connectivity index is 0.00000180. The Kier molecular flexibility index (Phi) is 5.89. The molecule has 2 rings (SSSR count). The Morgan fingerprint density at radius 1 is 1.37 bits per heavy atom. The summed E-state index contributed by atoms with van der Waals surface area (Å²) in [4.78, 5) is 11.8. The van der Waals surface area contributed by atoms with Crippen LogP contribution in [0.5, 0.6) is 0 Å². The van der Waals surface area contributed by atoms with Gasteiger partial charge in [0.05, 0.1) is 18.0 Å². The summed E-state index contributed by atoms with van der Waals surface area (Å²) in [6, 6.07) is 10.4. The first-order valence-corrected chi connectivity index (χ1v) is 5.85. The molecule has 2 aromatic rings. The SMILES string of the molecule is CCOC(=O)c1c(C)nn(-c2cc[c-]cc2)c1C.[Y]. The van der Waals surface area contributed by atoms with Crippen molar-refractivity contribution in [2.75, 3.05) is 6.61 Å². The van der Waals surface area contributed by atoms with Crippen LogP contribution in [0, 0.1) is 19.9 Å². The average Bonchev–Trinajstić information content (AvgIpc) is 2.66. The van der Waals surface area contributed by atoms with Crippen molar-refractivity contribution in [1.82, 2.24) is 9.78 Å². The van der Waals surface area contributed by atoms with E-state index in [1.165, 1.54) is 0 Å². The van der Waals surface area contributed by atoms with Crippen LogP contribution in [0.25, 0.3) is 5.69 Å². The van der Waals surface area contributed by atoms with Gasteiger partial charge in [0.25, 0.3) is 0 Å². The second-order valence-corrected chi connectivity index (χ2v) is 3.94. The maximum absolute atomic E-state index is 11.8. The van der Waals surface area contributed by atoms with Crippen molar-refractivity contribution in [1.29, 1.82) is 0 Å². The summed E-state index contributed by atoms with van der Waals surface area (Å²) in [5.41, 5.74) is 2.92. The summed E-state index contributed by atoms with van der Waals surface area (Å²) in [5.74, 6) is -0.318. The van der Waals surface area contributed by atoms with E-state index in [0.29, 0.717) is 17.9 Å². The van der Waals surface area contributed by atoms with Crippen molar-refractivity contribution in [3.63, 3.8) is 0 Å². The normalized spacial score (nSPS) is 9.84. The molecular weight excluding hydrogens is 317 g/mol. The van der Waals surface area contributed by atoms with Crippen molar-refractivity contribution in [2.24, 2.45) is 0 Å². The van der Waals surface area contributed by atoms with E-state index < -0.39 is 0 Å². The monoisotopic (exact) mass is 332 g/mol. The molecule has 0 spiro atoms. The molecule has 4 nitrogen and oxygen atoms in total. The summed E-state index contributed by atoms with van der Waals surface area (Å²) in [7, 11) is 0. The first kappa shape index (κ1) is 16.1. The van der Waals surface area contributed by atoms with Crippen LogP contribution >= 0.6 is 0 Å². The average molecular weight is 332 g/mol. The molecule has 0 bridgehead atoms. The van der Waals surface area contributed by atoms with Crippen molar-refractivity contribution in [2.45, 2.75) is 20.8 Å². The van der Waals surface area contributed by atoms with Crippen LogP contribution in [0.1, 0.15) is 28.7 Å². The van der Waals surface area contributed by atoms with Crippen LogP contribution < -0.4 is 0 Å². The zero-order valence-corrected chi connectivity index (χ0v) is 14.1. The molecule has 1 heterocycles. The third kappa shape index (κ3) is 3.31. The number of ether oxygens (including phenoxy) is 1. The molecule has 0 aliphatic rings. The fraction of sp³-hybridized carbons (Fsp3) is 0.286. The fourth-order valence-corrected chi connectivity index (χ4v) is 1.91. The number of rotatable bonds is 3. The van der Waals surface area contributed by atoms with E-state index >= 15 is 0 Å². The Labute approximate surface area is 138 Å². The second kappa shape index (κ2) is 6.97. The molecule has 19 heavy (non-hydrogen) atoms. The number of carbonyl (C=O) groups excluding carboxylic acids is 1. The van der Waals surface area contributed by atoms with Crippen molar-refractivity contribution in [3.05, 3.63) is 47.3 Å². The van der Waals surface area contributed by atoms with Gasteiger partial charge in [0, 0.05) is 32.7 Å². The predicted molar refractivity (Wildman–Crippen MR) is 67.8 cm³/mol. The number of hydrogen-bond donors (Lipinski definition) is 0. The molecular formula is C14H15N2O2Y-. The van der Waals surface area contributed by atoms with E-state index in [1.807, 2.05) is 38.1 Å². The minimum absolute atomic E-state index is 0. The van der Waals surface area contributed by atoms with Crippen LogP contribution in [-0.4, -0.2) is 22.4 Å². The van der Waals surface area contributed by atoms with Gasteiger partial charge in [-0.1, -0.05) is 0 Å². The predicted octanol–water partition coefficient (Wildman–Crippen LogP) is 2.46. The van der Waals surface area contributed by atoms with Crippen molar-refractivity contribution in [3.8, 4) is 5.69 Å². The number of nitrogens with zero attached hydrogens (tertiary/aromatic N) is 2. The van der Waals surface area contributed by atoms with Crippen LogP contribution in [0.2, 0.25) is 0 Å². The molecule has 5 heteroatoms. The van der Waals surface area contributed by atoms with E-state index in [1.54, 1.807) is 11.6 Å². The molecule has 0 saturated heterocycles. The van der Waals surface area contributed by atoms with Crippen LogP contribution in [-0.2, 0) is 37.4 Å². The first-order valence-electron chi connectivity index (χ1n) is 5.85. The molecule has 0 unspecified atom stereocenters. The van der Waals surface area contributed by atoms with E-state index in [0.717, 1.165) is 11.4 Å². The molecule has 1 radical (unpaired) electrons. The van der Waals surface area contributed by atoms with E-state index in [4.69, 9.17) is 4.74 Å². The summed E-state index contributed by atoms with van der Waals surface area (Å²) in [5, 5.41) is 4.39. The number of carbonyl (C=O) groups is 1. The van der Waals surface area contributed by atoms with Gasteiger partial charge >= 0.3 is 5.97 Å². The summed E-state index contributed by atoms with van der Waals surface area (Å²) in [6.45, 7) is 5.83. The van der Waals surface area contributed by atoms with Gasteiger partial charge in [-0.15, -0.1) is 12.1 Å². The van der Waals surface area contributed by atoms with E-state index in [-0.39, 0.29) is 38.7 Å². The maximum Gasteiger partial charge on any atom is 0.341 e. The molecule has 0 atom stereocenters. The van der Waals surface area contributed by atoms with Gasteiger partial charge in [-0.25, -0.2) is 4.79 Å². The molecule has 0 aliphatic heterocycles. The number of esters is 1. The number of benzene rings is 1. The van der Waals surface area contributed by atoms with Crippen molar-refractivity contribution < 1.29 is 42.2 Å². The quantitative estimate of drug-likeness (QED) is 0.641. The number of hydrogen-bond acceptors (Lipinski definition) is 3. The standard InChI is InChI=1S/C14H15N2O2.Y/c1-4-18-14(17)13-10(2)15-16(11(13)3)12-8-6-5-7-9-12;/h6-9H,4H2,1-3H3;/q-1;. The van der Waals surface area contributed by atoms with E-state index in [2.05, 4.69) is 11.2 Å². The largest absolute Gasteiger partial charge is 0.462 e. The van der Waals surface area contributed by atoms with Crippen LogP contribution in [0.3, 0.4) is 0 Å². The molecule has 0 amide bonds. The van der Waals surface area contributed by atoms with Gasteiger partial charge in [-0.3, -0.25) is 4.68 Å². The molecule has 97 valence electrons. The Hall–Kier alpha value is -0.996. The molecule has 1 aromatic carbocycles. The van der Waals surface area contributed by atoms with Gasteiger partial charge in [-0.2, -0.15) is 23.3 Å². The number of aryl methyl sites for hydroxylation is 1. The zero-order chi connectivity index (χ0) is 13.1. The molecule has 0 fully saturated rings. The van der Waals surface area contributed by atoms with Crippen LogP contribution in [0.4, 0.5) is 0 Å². The second-order valence-electron chi connectivity index (χ2n) is 3.94. The molecule has 0 N–H and O–H groups in total. The fourth-order valence-electron chi connectivity index (χ4n) is 1.91. The van der Waals surface area contributed by atoms with Crippen LogP contribution in [0.15, 0.2) is 24.3 Å². The summed E-state index contributed by atoms with van der Waals surface area (Å²) in [6.07, 6.45) is 0. The topological polar surface area (TPSA) is 44.1 Å². The Morgan fingerprint density at radius 3 is 2.58 bits per heavy atom. The Morgan fingerprint density at radius 2 is 2.00 bits per heavy atom. The van der Waals surface area contributed by atoms with Crippen molar-refractivity contribution >= 4 is 5.97 Å². The molecule has 0 saturated carbocycles. The first-order chi connectivity index (χ1) is 8.65. The van der Waals surface area contributed by atoms with Gasteiger partial charge < -0.3 is 4.74 Å². The van der Waals surface area contributed by atoms with Gasteiger partial charge in [0.15, 0.2) is 0 Å². The smallest absolute Gasteiger partial charge is 0.341 e. The van der Waals surface area contributed by atoms with Gasteiger partial charge in [0.1, 0.15) is 5.56 Å². The minimum atomic E-state index is -0.318.